The van der Waals surface area contributed by atoms with Gasteiger partial charge in [0.1, 0.15) is 24.0 Å². The molecule has 1 aromatic carbocycles. The molecule has 1 aliphatic carbocycles. The van der Waals surface area contributed by atoms with Crippen LogP contribution in [0.2, 0.25) is 0 Å². The lowest BCUT2D eigenvalue weighted by molar-refractivity contribution is -0.133. The molecule has 1 saturated heterocycles. The van der Waals surface area contributed by atoms with Crippen LogP contribution in [0.3, 0.4) is 0 Å². The van der Waals surface area contributed by atoms with Crippen LogP contribution in [0.4, 0.5) is 4.79 Å². The van der Waals surface area contributed by atoms with E-state index in [9.17, 15) is 14.7 Å². The summed E-state index contributed by atoms with van der Waals surface area (Å²) in [6.45, 7) is 3.81. The smallest absolute Gasteiger partial charge is 0.325 e. The summed E-state index contributed by atoms with van der Waals surface area (Å²) in [6.07, 6.45) is 1.41. The highest BCUT2D eigenvalue weighted by Crippen LogP contribution is 2.42. The zero-order chi connectivity index (χ0) is 19.9. The summed E-state index contributed by atoms with van der Waals surface area (Å²) >= 11 is 1.62. The van der Waals surface area contributed by atoms with Crippen molar-refractivity contribution in [2.24, 2.45) is 0 Å². The van der Waals surface area contributed by atoms with E-state index in [0.717, 1.165) is 45.1 Å². The quantitative estimate of drug-likeness (QED) is 0.757. The number of hydrogen-bond donors (Lipinski definition) is 2. The number of rotatable bonds is 5. The molecule has 2 aromatic rings. The van der Waals surface area contributed by atoms with Crippen molar-refractivity contribution in [2.75, 3.05) is 13.2 Å². The number of carbonyl (C=O) groups excluding carboxylic acids is 2. The number of benzene rings is 1. The van der Waals surface area contributed by atoms with Gasteiger partial charge in [0, 0.05) is 10.4 Å². The minimum Gasteiger partial charge on any atom is -0.490 e. The summed E-state index contributed by atoms with van der Waals surface area (Å²) in [7, 11) is 0. The number of thiophene rings is 1. The molecule has 1 aliphatic heterocycles. The SMILES string of the molecule is Cc1cccc(C)c1OC[C@H](O)CN1C(=O)N[C@]2(CCCc3sccc32)C1=O. The largest absolute Gasteiger partial charge is 0.490 e. The molecule has 28 heavy (non-hydrogen) atoms. The van der Waals surface area contributed by atoms with Gasteiger partial charge in [0.05, 0.1) is 6.54 Å². The van der Waals surface area contributed by atoms with Crippen molar-refractivity contribution in [2.45, 2.75) is 44.8 Å². The standard InChI is InChI=1S/C21H24N2O4S/c1-13-5-3-6-14(2)18(13)27-12-15(24)11-23-19(25)21(22-20(23)26)9-4-7-17-16(21)8-10-28-17/h3,5-6,8,10,15,24H,4,7,9,11-12H2,1-2H3,(H,22,26)/t15-,21+/m1/s1. The van der Waals surface area contributed by atoms with E-state index >= 15 is 0 Å². The molecular formula is C21H24N2O4S. The lowest BCUT2D eigenvalue weighted by atomic mass is 9.80. The van der Waals surface area contributed by atoms with Gasteiger partial charge in [-0.2, -0.15) is 0 Å². The molecule has 1 aromatic heterocycles. The molecule has 0 bridgehead atoms. The van der Waals surface area contributed by atoms with Crippen LogP contribution in [0.1, 0.15) is 34.4 Å². The molecule has 0 saturated carbocycles. The van der Waals surface area contributed by atoms with Gasteiger partial charge in [0.25, 0.3) is 5.91 Å². The highest BCUT2D eigenvalue weighted by atomic mass is 32.1. The Bertz CT molecular complexity index is 905. The van der Waals surface area contributed by atoms with Crippen molar-refractivity contribution in [3.8, 4) is 5.75 Å². The maximum Gasteiger partial charge on any atom is 0.325 e. The summed E-state index contributed by atoms with van der Waals surface area (Å²) in [4.78, 5) is 28.0. The van der Waals surface area contributed by atoms with Gasteiger partial charge >= 0.3 is 6.03 Å². The Morgan fingerprint density at radius 3 is 2.79 bits per heavy atom. The van der Waals surface area contributed by atoms with Crippen LogP contribution in [0.5, 0.6) is 5.75 Å². The molecule has 0 radical (unpaired) electrons. The number of urea groups is 1. The van der Waals surface area contributed by atoms with Crippen molar-refractivity contribution < 1.29 is 19.4 Å². The third kappa shape index (κ3) is 3.08. The van der Waals surface area contributed by atoms with Crippen LogP contribution in [0, 0.1) is 13.8 Å². The predicted octanol–water partition coefficient (Wildman–Crippen LogP) is 2.89. The minimum absolute atomic E-state index is 0.0133. The monoisotopic (exact) mass is 400 g/mol. The van der Waals surface area contributed by atoms with Gasteiger partial charge in [-0.1, -0.05) is 18.2 Å². The summed E-state index contributed by atoms with van der Waals surface area (Å²) in [6, 6.07) is 7.31. The first-order valence-corrected chi connectivity index (χ1v) is 10.4. The predicted molar refractivity (Wildman–Crippen MR) is 107 cm³/mol. The fourth-order valence-corrected chi connectivity index (χ4v) is 5.18. The van der Waals surface area contributed by atoms with E-state index in [1.165, 1.54) is 0 Å². The van der Waals surface area contributed by atoms with Gasteiger partial charge in [0.2, 0.25) is 0 Å². The molecule has 2 N–H and O–H groups in total. The van der Waals surface area contributed by atoms with Crippen LogP contribution in [-0.2, 0) is 16.8 Å². The Morgan fingerprint density at radius 1 is 1.29 bits per heavy atom. The Hall–Kier alpha value is -2.38. The Labute approximate surface area is 168 Å². The summed E-state index contributed by atoms with van der Waals surface area (Å²) in [5.74, 6) is 0.452. The highest BCUT2D eigenvalue weighted by molar-refractivity contribution is 7.10. The normalized spacial score (nSPS) is 22.3. The topological polar surface area (TPSA) is 78.9 Å². The van der Waals surface area contributed by atoms with Crippen molar-refractivity contribution in [1.82, 2.24) is 10.2 Å². The number of carbonyl (C=O) groups is 2. The van der Waals surface area contributed by atoms with Crippen molar-refractivity contribution in [3.05, 3.63) is 51.2 Å². The number of aliphatic hydroxyl groups excluding tert-OH is 1. The number of ether oxygens (including phenoxy) is 1. The molecular weight excluding hydrogens is 376 g/mol. The molecule has 2 heterocycles. The molecule has 4 rings (SSSR count). The van der Waals surface area contributed by atoms with Crippen LogP contribution in [0.15, 0.2) is 29.6 Å². The van der Waals surface area contributed by atoms with Gasteiger partial charge in [-0.05, 0) is 55.7 Å². The number of fused-ring (bicyclic) bond motifs is 2. The van der Waals surface area contributed by atoms with E-state index in [1.807, 2.05) is 43.5 Å². The van der Waals surface area contributed by atoms with E-state index in [1.54, 1.807) is 11.3 Å². The maximum absolute atomic E-state index is 13.2. The summed E-state index contributed by atoms with van der Waals surface area (Å²) < 4.78 is 5.77. The van der Waals surface area contributed by atoms with E-state index < -0.39 is 17.7 Å². The average molecular weight is 401 g/mol. The number of β-amino-alcohol motifs (C(OH)–C–C–N with tert-alkyl or cyclic N) is 1. The molecule has 6 nitrogen and oxygen atoms in total. The first-order valence-electron chi connectivity index (χ1n) is 9.50. The molecule has 1 spiro atoms. The van der Waals surface area contributed by atoms with Crippen LogP contribution in [-0.4, -0.2) is 41.2 Å². The second-order valence-electron chi connectivity index (χ2n) is 7.55. The lowest BCUT2D eigenvalue weighted by Gasteiger charge is -2.31. The van der Waals surface area contributed by atoms with Gasteiger partial charge in [-0.15, -0.1) is 11.3 Å². The highest BCUT2D eigenvalue weighted by Gasteiger charge is 2.54. The third-order valence-corrected chi connectivity index (χ3v) is 6.54. The van der Waals surface area contributed by atoms with Gasteiger partial charge in [-0.3, -0.25) is 9.69 Å². The number of nitrogens with zero attached hydrogens (tertiary/aromatic N) is 1. The molecule has 2 atom stereocenters. The van der Waals surface area contributed by atoms with E-state index in [2.05, 4.69) is 5.32 Å². The Morgan fingerprint density at radius 2 is 2.04 bits per heavy atom. The first-order chi connectivity index (χ1) is 13.4. The minimum atomic E-state index is -0.974. The van der Waals surface area contributed by atoms with Crippen LogP contribution >= 0.6 is 11.3 Å². The second kappa shape index (κ2) is 7.22. The van der Waals surface area contributed by atoms with Gasteiger partial charge in [0.15, 0.2) is 0 Å². The van der Waals surface area contributed by atoms with Gasteiger partial charge in [-0.25, -0.2) is 4.79 Å². The van der Waals surface area contributed by atoms with E-state index in [4.69, 9.17) is 4.74 Å². The van der Waals surface area contributed by atoms with Crippen molar-refractivity contribution in [3.63, 3.8) is 0 Å². The van der Waals surface area contributed by atoms with Crippen LogP contribution in [0.25, 0.3) is 0 Å². The number of imide groups is 1. The van der Waals surface area contributed by atoms with Gasteiger partial charge < -0.3 is 15.2 Å². The summed E-state index contributed by atoms with van der Waals surface area (Å²) in [5, 5.41) is 15.3. The lowest BCUT2D eigenvalue weighted by Crippen LogP contribution is -2.46. The molecule has 3 amide bonds. The zero-order valence-electron chi connectivity index (χ0n) is 16.0. The number of aliphatic hydroxyl groups is 1. The summed E-state index contributed by atoms with van der Waals surface area (Å²) in [5.41, 5.74) is 1.89. The molecule has 1 fully saturated rings. The fourth-order valence-electron chi connectivity index (χ4n) is 4.18. The number of nitrogens with one attached hydrogen (secondary N) is 1. The molecule has 0 unspecified atom stereocenters. The van der Waals surface area contributed by atoms with Crippen LogP contribution < -0.4 is 10.1 Å². The fraction of sp³-hybridized carbons (Fsp3) is 0.429. The third-order valence-electron chi connectivity index (χ3n) is 5.56. The van der Waals surface area contributed by atoms with Crippen molar-refractivity contribution in [1.29, 1.82) is 0 Å². The molecule has 7 heteroatoms. The van der Waals surface area contributed by atoms with Crippen molar-refractivity contribution >= 4 is 23.3 Å². The number of para-hydroxylation sites is 1. The van der Waals surface area contributed by atoms with E-state index in [-0.39, 0.29) is 19.1 Å². The Kier molecular flexibility index (Phi) is 4.89. The number of aryl methyl sites for hydroxylation is 3. The first kappa shape index (κ1) is 19.0. The zero-order valence-corrected chi connectivity index (χ0v) is 16.8. The maximum atomic E-state index is 13.2. The number of amides is 3. The Balaban J connectivity index is 1.46. The average Bonchev–Trinajstić information content (AvgIpc) is 3.22. The number of hydrogen-bond acceptors (Lipinski definition) is 5. The van der Waals surface area contributed by atoms with E-state index in [0.29, 0.717) is 6.42 Å². The molecule has 2 aliphatic rings. The second-order valence-corrected chi connectivity index (χ2v) is 8.55. The molecule has 148 valence electrons.